The van der Waals surface area contributed by atoms with Crippen LogP contribution < -0.4 is 0 Å². The number of carbonyl (C=O) groups excluding carboxylic acids is 1. The van der Waals surface area contributed by atoms with E-state index in [9.17, 15) is 24.2 Å². The summed E-state index contributed by atoms with van der Waals surface area (Å²) in [4.78, 5) is 24.8. The minimum atomic E-state index is -1.65. The minimum absolute atomic E-state index is 0.0107. The van der Waals surface area contributed by atoms with Crippen LogP contribution in [0.3, 0.4) is 0 Å². The Bertz CT molecular complexity index is 858. The molecule has 2 aromatic carbocycles. The normalized spacial score (nSPS) is 27.3. The second-order valence-electron chi connectivity index (χ2n) is 6.94. The van der Waals surface area contributed by atoms with Gasteiger partial charge < -0.3 is 14.9 Å². The van der Waals surface area contributed by atoms with Crippen LogP contribution in [-0.2, 0) is 16.9 Å². The first-order valence-electron chi connectivity index (χ1n) is 8.59. The lowest BCUT2D eigenvalue weighted by molar-refractivity contribution is -0.799. The van der Waals surface area contributed by atoms with Crippen LogP contribution in [0.25, 0.3) is 0 Å². The van der Waals surface area contributed by atoms with Gasteiger partial charge in [-0.25, -0.2) is 4.39 Å². The Morgan fingerprint density at radius 3 is 2.56 bits per heavy atom. The van der Waals surface area contributed by atoms with Crippen LogP contribution in [0, 0.1) is 5.82 Å². The number of amides is 2. The average Bonchev–Trinajstić information content (AvgIpc) is 2.93. The third-order valence-electron chi connectivity index (χ3n) is 5.13. The molecule has 2 unspecified atom stereocenters. The van der Waals surface area contributed by atoms with Crippen molar-refractivity contribution in [2.75, 3.05) is 6.54 Å². The molecular formula is C20H21FNO5+. The van der Waals surface area contributed by atoms with Crippen molar-refractivity contribution in [3.63, 3.8) is 0 Å². The largest absolute Gasteiger partial charge is 0.527 e. The van der Waals surface area contributed by atoms with Crippen LogP contribution >= 0.6 is 0 Å². The molecule has 0 spiro atoms. The van der Waals surface area contributed by atoms with Gasteiger partial charge in [0.1, 0.15) is 30.6 Å². The van der Waals surface area contributed by atoms with Crippen molar-refractivity contribution < 1.29 is 33.4 Å². The Balaban J connectivity index is 1.87. The van der Waals surface area contributed by atoms with Crippen LogP contribution in [0.1, 0.15) is 24.5 Å². The van der Waals surface area contributed by atoms with Gasteiger partial charge in [-0.2, -0.15) is 9.59 Å². The average molecular weight is 374 g/mol. The number of rotatable bonds is 3. The molecule has 0 radical (unpaired) electrons. The van der Waals surface area contributed by atoms with E-state index in [1.165, 1.54) is 18.2 Å². The van der Waals surface area contributed by atoms with Gasteiger partial charge >= 0.3 is 12.2 Å². The summed E-state index contributed by atoms with van der Waals surface area (Å²) in [5.74, 6) is -0.541. The molecule has 2 N–H and O–H groups in total. The summed E-state index contributed by atoms with van der Waals surface area (Å²) >= 11 is 0. The molecule has 1 saturated heterocycles. The fraction of sp³-hybridized carbons (Fsp3) is 0.300. The standard InChI is InChI=1S/C20H20FNO5/c1-14-11-20(26,16-8-5-9-17(21)10-16)13-22(14,18(23)24)19(25)27-12-15-6-3-2-4-7-15/h2-10,14,26H,11-13H2,1H3/p+1/t14-,20?,22?/m1/s1. The second-order valence-corrected chi connectivity index (χ2v) is 6.94. The number of hydrogen-bond donors (Lipinski definition) is 2. The Kier molecular flexibility index (Phi) is 4.99. The summed E-state index contributed by atoms with van der Waals surface area (Å²) < 4.78 is 17.8. The predicted octanol–water partition coefficient (Wildman–Crippen LogP) is 3.64. The van der Waals surface area contributed by atoms with E-state index in [0.717, 1.165) is 11.6 Å². The molecule has 0 bridgehead atoms. The SMILES string of the molecule is C[C@@H]1CC(O)(c2cccc(F)c2)C[N+]1(C(=O)O)C(=O)OCc1ccccc1. The van der Waals surface area contributed by atoms with E-state index < -0.39 is 40.7 Å². The maximum atomic E-state index is 13.6. The quantitative estimate of drug-likeness (QED) is 0.802. The van der Waals surface area contributed by atoms with Crippen molar-refractivity contribution in [2.24, 2.45) is 0 Å². The summed E-state index contributed by atoms with van der Waals surface area (Å²) in [6.45, 7) is 1.06. The van der Waals surface area contributed by atoms with E-state index in [-0.39, 0.29) is 18.6 Å². The van der Waals surface area contributed by atoms with Crippen LogP contribution in [-0.4, -0.2) is 39.5 Å². The zero-order chi connectivity index (χ0) is 19.7. The molecule has 27 heavy (non-hydrogen) atoms. The Hall–Kier alpha value is -2.77. The van der Waals surface area contributed by atoms with E-state index in [2.05, 4.69) is 0 Å². The molecular weight excluding hydrogens is 353 g/mol. The van der Waals surface area contributed by atoms with E-state index in [4.69, 9.17) is 4.74 Å². The summed E-state index contributed by atoms with van der Waals surface area (Å²) in [5, 5.41) is 20.8. The number of nitrogens with zero attached hydrogens (tertiary/aromatic N) is 1. The third-order valence-corrected chi connectivity index (χ3v) is 5.13. The van der Waals surface area contributed by atoms with E-state index in [1.54, 1.807) is 31.2 Å². The number of quaternary nitrogens is 1. The molecule has 6 nitrogen and oxygen atoms in total. The predicted molar refractivity (Wildman–Crippen MR) is 94.2 cm³/mol. The molecule has 0 aliphatic carbocycles. The Morgan fingerprint density at radius 2 is 1.93 bits per heavy atom. The fourth-order valence-electron chi connectivity index (χ4n) is 3.68. The fourth-order valence-corrected chi connectivity index (χ4v) is 3.68. The van der Waals surface area contributed by atoms with Crippen molar-refractivity contribution in [1.29, 1.82) is 0 Å². The first kappa shape index (κ1) is 19.0. The smallest absolute Gasteiger partial charge is 0.435 e. The van der Waals surface area contributed by atoms with Gasteiger partial charge in [-0.05, 0) is 30.2 Å². The van der Waals surface area contributed by atoms with Gasteiger partial charge in [0.15, 0.2) is 0 Å². The number of aliphatic hydroxyl groups is 1. The molecule has 1 aliphatic heterocycles. The lowest BCUT2D eigenvalue weighted by Gasteiger charge is -2.29. The topological polar surface area (TPSA) is 83.8 Å². The number of hydrogen-bond acceptors (Lipinski definition) is 4. The monoisotopic (exact) mass is 374 g/mol. The number of carbonyl (C=O) groups is 2. The van der Waals surface area contributed by atoms with Crippen LogP contribution in [0.2, 0.25) is 0 Å². The zero-order valence-corrected chi connectivity index (χ0v) is 14.8. The van der Waals surface area contributed by atoms with Gasteiger partial charge in [0.25, 0.3) is 0 Å². The number of benzene rings is 2. The second kappa shape index (κ2) is 7.09. The minimum Gasteiger partial charge on any atom is -0.435 e. The molecule has 2 aromatic rings. The number of imide groups is 1. The molecule has 2 amide bonds. The molecule has 3 rings (SSSR count). The van der Waals surface area contributed by atoms with Crippen LogP contribution in [0.15, 0.2) is 54.6 Å². The van der Waals surface area contributed by atoms with Gasteiger partial charge in [-0.15, -0.1) is 4.48 Å². The summed E-state index contributed by atoms with van der Waals surface area (Å²) in [6.07, 6.45) is -2.37. The van der Waals surface area contributed by atoms with Gasteiger partial charge in [-0.3, -0.25) is 0 Å². The summed E-state index contributed by atoms with van der Waals surface area (Å²) in [5.41, 5.74) is -0.681. The molecule has 0 aromatic heterocycles. The molecule has 7 heteroatoms. The van der Waals surface area contributed by atoms with Crippen molar-refractivity contribution >= 4 is 12.2 Å². The number of ether oxygens (including phenoxy) is 1. The first-order chi connectivity index (χ1) is 12.8. The highest BCUT2D eigenvalue weighted by molar-refractivity contribution is 5.76. The molecule has 1 fully saturated rings. The highest BCUT2D eigenvalue weighted by atomic mass is 19.1. The van der Waals surface area contributed by atoms with Crippen LogP contribution in [0.4, 0.5) is 14.0 Å². The molecule has 3 atom stereocenters. The molecule has 1 heterocycles. The van der Waals surface area contributed by atoms with Crippen molar-refractivity contribution in [1.82, 2.24) is 0 Å². The lowest BCUT2D eigenvalue weighted by Crippen LogP contribution is -2.59. The van der Waals surface area contributed by atoms with E-state index in [0.29, 0.717) is 0 Å². The van der Waals surface area contributed by atoms with Gasteiger partial charge in [-0.1, -0.05) is 42.5 Å². The summed E-state index contributed by atoms with van der Waals surface area (Å²) in [6, 6.07) is 13.5. The number of likely N-dealkylation sites (tertiary alicyclic amines) is 1. The Morgan fingerprint density at radius 1 is 1.22 bits per heavy atom. The Labute approximate surface area is 156 Å². The van der Waals surface area contributed by atoms with Gasteiger partial charge in [0.05, 0.1) is 0 Å². The van der Waals surface area contributed by atoms with Crippen molar-refractivity contribution in [3.05, 3.63) is 71.5 Å². The maximum Gasteiger partial charge on any atom is 0.527 e. The highest BCUT2D eigenvalue weighted by Gasteiger charge is 2.64. The number of carboxylic acid groups (broad SMARTS) is 1. The van der Waals surface area contributed by atoms with Crippen molar-refractivity contribution in [2.45, 2.75) is 31.6 Å². The zero-order valence-electron chi connectivity index (χ0n) is 14.8. The van der Waals surface area contributed by atoms with Crippen molar-refractivity contribution in [3.8, 4) is 0 Å². The molecule has 0 saturated carbocycles. The van der Waals surface area contributed by atoms with E-state index in [1.807, 2.05) is 6.07 Å². The number of halogens is 1. The molecule has 142 valence electrons. The summed E-state index contributed by atoms with van der Waals surface area (Å²) in [7, 11) is 0. The molecule has 1 aliphatic rings. The lowest BCUT2D eigenvalue weighted by atomic mass is 9.91. The first-order valence-corrected chi connectivity index (χ1v) is 8.59. The van der Waals surface area contributed by atoms with Gasteiger partial charge in [0.2, 0.25) is 0 Å². The maximum absolute atomic E-state index is 13.6. The van der Waals surface area contributed by atoms with E-state index >= 15 is 0 Å². The highest BCUT2D eigenvalue weighted by Crippen LogP contribution is 2.42. The van der Waals surface area contributed by atoms with Gasteiger partial charge in [0, 0.05) is 6.42 Å². The third kappa shape index (κ3) is 3.43. The van der Waals surface area contributed by atoms with Crippen LogP contribution in [0.5, 0.6) is 0 Å².